The van der Waals surface area contributed by atoms with Crippen LogP contribution in [-0.2, 0) is 18.8 Å². The van der Waals surface area contributed by atoms with Crippen molar-refractivity contribution < 1.29 is 9.32 Å². The van der Waals surface area contributed by atoms with E-state index in [9.17, 15) is 4.79 Å². The molecule has 33 heavy (non-hydrogen) atoms. The zero-order valence-electron chi connectivity index (χ0n) is 19.6. The van der Waals surface area contributed by atoms with Gasteiger partial charge in [-0.05, 0) is 48.4 Å². The molecule has 1 aliphatic rings. The van der Waals surface area contributed by atoms with E-state index in [4.69, 9.17) is 4.52 Å². The lowest BCUT2D eigenvalue weighted by Crippen LogP contribution is -2.38. The Hall–Kier alpha value is -2.64. The molecule has 1 aromatic heterocycles. The van der Waals surface area contributed by atoms with E-state index in [1.807, 2.05) is 24.3 Å². The van der Waals surface area contributed by atoms with Gasteiger partial charge in [0.2, 0.25) is 5.89 Å². The second-order valence-corrected chi connectivity index (χ2v) is 10.2. The molecule has 2 unspecified atom stereocenters. The van der Waals surface area contributed by atoms with E-state index < -0.39 is 0 Å². The van der Waals surface area contributed by atoms with Gasteiger partial charge in [0, 0.05) is 31.1 Å². The smallest absolute Gasteiger partial charge is 0.252 e. The molecular formula is C26H32N4O2S. The van der Waals surface area contributed by atoms with Crippen LogP contribution in [0.5, 0.6) is 0 Å². The maximum Gasteiger partial charge on any atom is 0.252 e. The number of rotatable bonds is 8. The monoisotopic (exact) mass is 464 g/mol. The lowest BCUT2D eigenvalue weighted by atomic mass is 9.91. The van der Waals surface area contributed by atoms with E-state index in [2.05, 4.69) is 58.5 Å². The molecule has 0 saturated carbocycles. The van der Waals surface area contributed by atoms with Gasteiger partial charge in [0.25, 0.3) is 5.91 Å². The molecule has 2 heterocycles. The number of carbonyl (C=O) groups excluding carboxylic acids is 1. The van der Waals surface area contributed by atoms with Crippen molar-refractivity contribution in [2.45, 2.75) is 50.9 Å². The quantitative estimate of drug-likeness (QED) is 0.469. The Morgan fingerprint density at radius 1 is 1.09 bits per heavy atom. The highest BCUT2D eigenvalue weighted by atomic mass is 32.2. The third-order valence-corrected chi connectivity index (χ3v) is 6.94. The second-order valence-electron chi connectivity index (χ2n) is 9.16. The molecule has 6 nitrogen and oxygen atoms in total. The summed E-state index contributed by atoms with van der Waals surface area (Å²) in [5, 5.41) is 6.87. The summed E-state index contributed by atoms with van der Waals surface area (Å²) in [5.41, 5.74) is 3.08. The predicted molar refractivity (Wildman–Crippen MR) is 131 cm³/mol. The highest BCUT2D eigenvalue weighted by molar-refractivity contribution is 7.98. The first-order valence-electron chi connectivity index (χ1n) is 11.6. The highest BCUT2D eigenvalue weighted by Gasteiger charge is 2.21. The fourth-order valence-corrected chi connectivity index (χ4v) is 5.42. The van der Waals surface area contributed by atoms with Gasteiger partial charge in [-0.25, -0.2) is 0 Å². The number of aromatic nitrogens is 2. The van der Waals surface area contributed by atoms with Crippen LogP contribution in [-0.4, -0.2) is 34.0 Å². The first-order chi connectivity index (χ1) is 16.0. The standard InChI is InChI=1S/C26H32N4O2S/c1-18-12-19(2)15-30(14-18)16-22-10-8-21(9-11-22)13-27-26(31)23-6-4-5-7-24(23)33-17-25-28-20(3)29-32-25/h4-11,18-19H,12-17H2,1-3H3,(H,27,31). The zero-order chi connectivity index (χ0) is 23.2. The fraction of sp³-hybridized carbons (Fsp3) is 0.423. The molecule has 4 rings (SSSR count). The topological polar surface area (TPSA) is 71.3 Å². The van der Waals surface area contributed by atoms with Crippen LogP contribution in [0.2, 0.25) is 0 Å². The number of thioether (sulfide) groups is 1. The lowest BCUT2D eigenvalue weighted by molar-refractivity contribution is 0.0948. The third kappa shape index (κ3) is 6.68. The largest absolute Gasteiger partial charge is 0.348 e. The summed E-state index contributed by atoms with van der Waals surface area (Å²) in [7, 11) is 0. The molecule has 1 fully saturated rings. The van der Waals surface area contributed by atoms with Crippen molar-refractivity contribution in [2.75, 3.05) is 13.1 Å². The number of likely N-dealkylation sites (tertiary alicyclic amines) is 1. The Labute approximate surface area is 200 Å². The minimum atomic E-state index is -0.0832. The molecule has 1 aliphatic heterocycles. The van der Waals surface area contributed by atoms with Gasteiger partial charge in [-0.3, -0.25) is 9.69 Å². The van der Waals surface area contributed by atoms with Crippen molar-refractivity contribution in [3.63, 3.8) is 0 Å². The molecule has 0 bridgehead atoms. The number of benzene rings is 2. The van der Waals surface area contributed by atoms with Crippen LogP contribution >= 0.6 is 11.8 Å². The summed E-state index contributed by atoms with van der Waals surface area (Å²) < 4.78 is 5.17. The lowest BCUT2D eigenvalue weighted by Gasteiger charge is -2.35. The minimum absolute atomic E-state index is 0.0832. The highest BCUT2D eigenvalue weighted by Crippen LogP contribution is 2.26. The number of hydrogen-bond donors (Lipinski definition) is 1. The number of amides is 1. The van der Waals surface area contributed by atoms with Crippen LogP contribution in [0.1, 0.15) is 53.5 Å². The van der Waals surface area contributed by atoms with Crippen LogP contribution in [0.15, 0.2) is 57.9 Å². The summed E-state index contributed by atoms with van der Waals surface area (Å²) in [6.07, 6.45) is 1.33. The van der Waals surface area contributed by atoms with E-state index in [-0.39, 0.29) is 5.91 Å². The zero-order valence-corrected chi connectivity index (χ0v) is 20.4. The predicted octanol–water partition coefficient (Wildman–Crippen LogP) is 5.08. The van der Waals surface area contributed by atoms with Crippen LogP contribution in [0.25, 0.3) is 0 Å². The molecular weight excluding hydrogens is 432 g/mol. The molecule has 3 aromatic rings. The van der Waals surface area contributed by atoms with Crippen molar-refractivity contribution in [3.8, 4) is 0 Å². The normalized spacial score (nSPS) is 18.9. The average molecular weight is 465 g/mol. The molecule has 1 N–H and O–H groups in total. The van der Waals surface area contributed by atoms with Crippen LogP contribution in [0.3, 0.4) is 0 Å². The Morgan fingerprint density at radius 3 is 2.48 bits per heavy atom. The molecule has 1 amide bonds. The van der Waals surface area contributed by atoms with E-state index >= 15 is 0 Å². The van der Waals surface area contributed by atoms with Gasteiger partial charge in [0.15, 0.2) is 5.82 Å². The number of piperidine rings is 1. The summed E-state index contributed by atoms with van der Waals surface area (Å²) >= 11 is 1.52. The van der Waals surface area contributed by atoms with Crippen molar-refractivity contribution in [3.05, 3.63) is 76.9 Å². The first kappa shape index (κ1) is 23.5. The van der Waals surface area contributed by atoms with Gasteiger partial charge in [-0.2, -0.15) is 4.98 Å². The maximum atomic E-state index is 12.9. The average Bonchev–Trinajstić information content (AvgIpc) is 3.21. The van der Waals surface area contributed by atoms with Gasteiger partial charge in [-0.1, -0.05) is 55.4 Å². The third-order valence-electron chi connectivity index (χ3n) is 5.88. The second kappa shape index (κ2) is 11.0. The van der Waals surface area contributed by atoms with Crippen molar-refractivity contribution >= 4 is 17.7 Å². The molecule has 174 valence electrons. The summed E-state index contributed by atoms with van der Waals surface area (Å²) in [6.45, 7) is 10.3. The van der Waals surface area contributed by atoms with Gasteiger partial charge in [0.1, 0.15) is 0 Å². The molecule has 2 atom stereocenters. The van der Waals surface area contributed by atoms with E-state index in [0.717, 1.165) is 28.8 Å². The molecule has 0 spiro atoms. The minimum Gasteiger partial charge on any atom is -0.348 e. The van der Waals surface area contributed by atoms with Crippen molar-refractivity contribution in [1.29, 1.82) is 0 Å². The van der Waals surface area contributed by atoms with E-state index in [0.29, 0.717) is 29.6 Å². The Morgan fingerprint density at radius 2 is 1.79 bits per heavy atom. The molecule has 2 aromatic carbocycles. The SMILES string of the molecule is Cc1noc(CSc2ccccc2C(=O)NCc2ccc(CN3CC(C)CC(C)C3)cc2)n1. The maximum absolute atomic E-state index is 12.9. The van der Waals surface area contributed by atoms with E-state index in [1.54, 1.807) is 6.92 Å². The van der Waals surface area contributed by atoms with Gasteiger partial charge in [-0.15, -0.1) is 11.8 Å². The van der Waals surface area contributed by atoms with Crippen molar-refractivity contribution in [1.82, 2.24) is 20.4 Å². The fourth-order valence-electron chi connectivity index (χ4n) is 4.54. The van der Waals surface area contributed by atoms with Gasteiger partial charge in [0.05, 0.1) is 11.3 Å². The molecule has 7 heteroatoms. The van der Waals surface area contributed by atoms with Crippen LogP contribution in [0.4, 0.5) is 0 Å². The number of hydrogen-bond acceptors (Lipinski definition) is 6. The van der Waals surface area contributed by atoms with Crippen molar-refractivity contribution in [2.24, 2.45) is 11.8 Å². The number of aryl methyl sites for hydroxylation is 1. The Kier molecular flexibility index (Phi) is 7.83. The number of nitrogens with zero attached hydrogens (tertiary/aromatic N) is 3. The summed E-state index contributed by atoms with van der Waals surface area (Å²) in [5.74, 6) is 3.14. The number of nitrogens with one attached hydrogen (secondary N) is 1. The molecule has 0 radical (unpaired) electrons. The molecule has 1 saturated heterocycles. The van der Waals surface area contributed by atoms with Gasteiger partial charge >= 0.3 is 0 Å². The first-order valence-corrected chi connectivity index (χ1v) is 12.5. The number of carbonyl (C=O) groups is 1. The van der Waals surface area contributed by atoms with E-state index in [1.165, 1.54) is 36.8 Å². The summed E-state index contributed by atoms with van der Waals surface area (Å²) in [6, 6.07) is 16.2. The van der Waals surface area contributed by atoms with Crippen LogP contribution in [0, 0.1) is 18.8 Å². The van der Waals surface area contributed by atoms with Gasteiger partial charge < -0.3 is 9.84 Å². The molecule has 0 aliphatic carbocycles. The Bertz CT molecular complexity index is 1060. The Balaban J connectivity index is 1.30. The van der Waals surface area contributed by atoms with Crippen LogP contribution < -0.4 is 5.32 Å². The summed E-state index contributed by atoms with van der Waals surface area (Å²) in [4.78, 5) is 20.5.